The van der Waals surface area contributed by atoms with Gasteiger partial charge in [-0.2, -0.15) is 0 Å². The zero-order valence-electron chi connectivity index (χ0n) is 17.4. The number of benzene rings is 3. The maximum absolute atomic E-state index is 13.4. The minimum Gasteiger partial charge on any atom is -0.497 e. The molecule has 0 saturated carbocycles. The van der Waals surface area contributed by atoms with Crippen molar-refractivity contribution in [2.24, 2.45) is 0 Å². The van der Waals surface area contributed by atoms with Gasteiger partial charge in [0.05, 0.1) is 12.8 Å². The molecule has 0 unspecified atom stereocenters. The van der Waals surface area contributed by atoms with Crippen molar-refractivity contribution in [2.45, 2.75) is 6.42 Å². The van der Waals surface area contributed by atoms with Crippen molar-refractivity contribution in [2.75, 3.05) is 25.6 Å². The van der Waals surface area contributed by atoms with Crippen molar-refractivity contribution in [3.63, 3.8) is 0 Å². The van der Waals surface area contributed by atoms with E-state index < -0.39 is 0 Å². The predicted molar refractivity (Wildman–Crippen MR) is 124 cm³/mol. The number of imidazole rings is 1. The Morgan fingerprint density at radius 3 is 2.29 bits per heavy atom. The van der Waals surface area contributed by atoms with E-state index in [-0.39, 0.29) is 5.82 Å². The molecule has 31 heavy (non-hydrogen) atoms. The van der Waals surface area contributed by atoms with Crippen LogP contribution in [0.15, 0.2) is 79.0 Å². The molecule has 6 heteroatoms. The highest BCUT2D eigenvalue weighted by Gasteiger charge is 2.13. The zero-order chi connectivity index (χ0) is 21.8. The van der Waals surface area contributed by atoms with E-state index in [0.717, 1.165) is 47.2 Å². The lowest BCUT2D eigenvalue weighted by atomic mass is 10.2. The minimum atomic E-state index is -0.269. The van der Waals surface area contributed by atoms with Crippen LogP contribution in [0.3, 0.4) is 0 Å². The topological polar surface area (TPSA) is 30.3 Å². The second kappa shape index (κ2) is 9.23. The minimum absolute atomic E-state index is 0.269. The molecule has 0 spiro atoms. The van der Waals surface area contributed by atoms with Crippen molar-refractivity contribution >= 4 is 17.3 Å². The van der Waals surface area contributed by atoms with Crippen LogP contribution in [-0.4, -0.2) is 30.3 Å². The Morgan fingerprint density at radius 2 is 1.65 bits per heavy atom. The fraction of sp³-hybridized carbons (Fsp3) is 0.160. The molecular weight excluding hydrogens is 413 g/mol. The van der Waals surface area contributed by atoms with E-state index in [2.05, 4.69) is 11.9 Å². The fourth-order valence-corrected chi connectivity index (χ4v) is 3.52. The van der Waals surface area contributed by atoms with Gasteiger partial charge in [0.15, 0.2) is 0 Å². The number of likely N-dealkylation sites (N-methyl/N-ethyl adjacent to an activating group) is 1. The van der Waals surface area contributed by atoms with Gasteiger partial charge < -0.3 is 9.64 Å². The number of anilines is 1. The Kier molecular flexibility index (Phi) is 6.23. The summed E-state index contributed by atoms with van der Waals surface area (Å²) in [6.45, 7) is 0.798. The standard InChI is InChI=1S/C25H23ClFN3O/c1-29(22-11-13-24(31-2)14-12-22)16-15-21-17-30(23-9-5-19(26)6-10-23)25(28-21)18-3-7-20(27)8-4-18/h3-14,17H,15-16H2,1-2H3. The van der Waals surface area contributed by atoms with Crippen LogP contribution in [0.5, 0.6) is 5.75 Å². The van der Waals surface area contributed by atoms with Gasteiger partial charge in [-0.15, -0.1) is 0 Å². The maximum atomic E-state index is 13.4. The average Bonchev–Trinajstić information content (AvgIpc) is 3.23. The number of hydrogen-bond donors (Lipinski definition) is 0. The van der Waals surface area contributed by atoms with Crippen molar-refractivity contribution < 1.29 is 9.13 Å². The maximum Gasteiger partial charge on any atom is 0.144 e. The Morgan fingerprint density at radius 1 is 0.968 bits per heavy atom. The number of hydrogen-bond acceptors (Lipinski definition) is 3. The number of ether oxygens (including phenoxy) is 1. The summed E-state index contributed by atoms with van der Waals surface area (Å²) >= 11 is 6.06. The van der Waals surface area contributed by atoms with Crippen LogP contribution in [0.4, 0.5) is 10.1 Å². The molecule has 0 aliphatic carbocycles. The van der Waals surface area contributed by atoms with Gasteiger partial charge in [-0.25, -0.2) is 9.37 Å². The molecule has 158 valence electrons. The van der Waals surface area contributed by atoms with Crippen molar-refractivity contribution in [1.82, 2.24) is 9.55 Å². The third-order valence-corrected chi connectivity index (χ3v) is 5.43. The van der Waals surface area contributed by atoms with Crippen LogP contribution in [0, 0.1) is 5.82 Å². The molecule has 4 rings (SSSR count). The lowest BCUT2D eigenvalue weighted by Gasteiger charge is -2.18. The van der Waals surface area contributed by atoms with Crippen LogP contribution in [-0.2, 0) is 6.42 Å². The Balaban J connectivity index is 1.59. The SMILES string of the molecule is COc1ccc(N(C)CCc2cn(-c3ccc(Cl)cc3)c(-c3ccc(F)cc3)n2)cc1. The Labute approximate surface area is 186 Å². The van der Waals surface area contributed by atoms with Gasteiger partial charge in [0.1, 0.15) is 17.4 Å². The van der Waals surface area contributed by atoms with Gasteiger partial charge in [-0.05, 0) is 72.8 Å². The first-order valence-corrected chi connectivity index (χ1v) is 10.4. The van der Waals surface area contributed by atoms with E-state index >= 15 is 0 Å². The number of methoxy groups -OCH3 is 1. The molecule has 0 aliphatic heterocycles. The Bertz CT molecular complexity index is 1080. The number of nitrogens with zero attached hydrogens (tertiary/aromatic N) is 3. The van der Waals surface area contributed by atoms with Gasteiger partial charge >= 0.3 is 0 Å². The van der Waals surface area contributed by atoms with Crippen LogP contribution in [0.25, 0.3) is 17.1 Å². The second-order valence-electron chi connectivity index (χ2n) is 7.28. The van der Waals surface area contributed by atoms with E-state index in [1.807, 2.05) is 59.3 Å². The summed E-state index contributed by atoms with van der Waals surface area (Å²) in [6, 6.07) is 22.0. The molecule has 0 atom stereocenters. The highest BCUT2D eigenvalue weighted by molar-refractivity contribution is 6.30. The van der Waals surface area contributed by atoms with Gasteiger partial charge in [0, 0.05) is 48.2 Å². The largest absolute Gasteiger partial charge is 0.497 e. The van der Waals surface area contributed by atoms with Gasteiger partial charge in [-0.1, -0.05) is 11.6 Å². The summed E-state index contributed by atoms with van der Waals surface area (Å²) in [6.07, 6.45) is 2.79. The van der Waals surface area contributed by atoms with Crippen molar-refractivity contribution in [1.29, 1.82) is 0 Å². The summed E-state index contributed by atoms with van der Waals surface area (Å²) in [5.74, 6) is 1.34. The molecule has 0 fully saturated rings. The number of rotatable bonds is 7. The molecule has 0 amide bonds. The van der Waals surface area contributed by atoms with E-state index in [9.17, 15) is 4.39 Å². The van der Waals surface area contributed by atoms with Crippen LogP contribution in [0.2, 0.25) is 5.02 Å². The van der Waals surface area contributed by atoms with E-state index in [0.29, 0.717) is 5.02 Å². The van der Waals surface area contributed by atoms with Crippen LogP contribution >= 0.6 is 11.6 Å². The molecule has 0 radical (unpaired) electrons. The smallest absolute Gasteiger partial charge is 0.144 e. The highest BCUT2D eigenvalue weighted by Crippen LogP contribution is 2.25. The lowest BCUT2D eigenvalue weighted by molar-refractivity contribution is 0.415. The molecule has 4 nitrogen and oxygen atoms in total. The molecule has 0 aliphatic rings. The van der Waals surface area contributed by atoms with E-state index in [1.165, 1.54) is 12.1 Å². The molecule has 3 aromatic carbocycles. The summed E-state index contributed by atoms with van der Waals surface area (Å²) in [4.78, 5) is 7.04. The zero-order valence-corrected chi connectivity index (χ0v) is 18.2. The Hall–Kier alpha value is -3.31. The first kappa shape index (κ1) is 20.9. The molecule has 4 aromatic rings. The van der Waals surface area contributed by atoms with Crippen LogP contribution < -0.4 is 9.64 Å². The molecule has 0 N–H and O–H groups in total. The number of aromatic nitrogens is 2. The van der Waals surface area contributed by atoms with Crippen LogP contribution in [0.1, 0.15) is 5.69 Å². The van der Waals surface area contributed by atoms with Gasteiger partial charge in [-0.3, -0.25) is 4.57 Å². The molecule has 1 aromatic heterocycles. The lowest BCUT2D eigenvalue weighted by Crippen LogP contribution is -2.20. The van der Waals surface area contributed by atoms with E-state index in [4.69, 9.17) is 21.3 Å². The number of halogens is 2. The van der Waals surface area contributed by atoms with Crippen molar-refractivity contribution in [3.8, 4) is 22.8 Å². The fourth-order valence-electron chi connectivity index (χ4n) is 3.40. The van der Waals surface area contributed by atoms with Gasteiger partial charge in [0.25, 0.3) is 0 Å². The predicted octanol–water partition coefficient (Wildman–Crippen LogP) is 6.02. The summed E-state index contributed by atoms with van der Waals surface area (Å²) in [5, 5.41) is 0.675. The summed E-state index contributed by atoms with van der Waals surface area (Å²) < 4.78 is 20.7. The molecule has 1 heterocycles. The third-order valence-electron chi connectivity index (χ3n) is 5.18. The first-order valence-electron chi connectivity index (χ1n) is 9.99. The quantitative estimate of drug-likeness (QED) is 0.355. The van der Waals surface area contributed by atoms with Crippen molar-refractivity contribution in [3.05, 3.63) is 95.5 Å². The average molecular weight is 436 g/mol. The third kappa shape index (κ3) is 4.89. The monoisotopic (exact) mass is 435 g/mol. The first-order chi connectivity index (χ1) is 15.0. The second-order valence-corrected chi connectivity index (χ2v) is 7.72. The summed E-state index contributed by atoms with van der Waals surface area (Å²) in [5.41, 5.74) is 3.86. The van der Waals surface area contributed by atoms with Gasteiger partial charge in [0.2, 0.25) is 0 Å². The molecule has 0 bridgehead atoms. The summed E-state index contributed by atoms with van der Waals surface area (Å²) in [7, 11) is 3.72. The molecular formula is C25H23ClFN3O. The normalized spacial score (nSPS) is 10.8. The molecule has 0 saturated heterocycles. The highest BCUT2D eigenvalue weighted by atomic mass is 35.5. The van der Waals surface area contributed by atoms with E-state index in [1.54, 1.807) is 19.2 Å².